The third-order valence-corrected chi connectivity index (χ3v) is 3.63. The number of para-hydroxylation sites is 1. The molecule has 1 fully saturated rings. The first-order chi connectivity index (χ1) is 9.53. The molecule has 4 heteroatoms. The fraction of sp³-hybridized carbons (Fsp3) is 0.250. The first kappa shape index (κ1) is 13.1. The maximum Gasteiger partial charge on any atom is 0.272 e. The summed E-state index contributed by atoms with van der Waals surface area (Å²) < 4.78 is 32.5. The molecule has 0 radical (unpaired) electrons. The molecule has 0 spiro atoms. The Morgan fingerprint density at radius 1 is 1.00 bits per heavy atom. The number of rotatable bonds is 4. The van der Waals surface area contributed by atoms with Crippen LogP contribution in [0.3, 0.4) is 0 Å². The van der Waals surface area contributed by atoms with Gasteiger partial charge in [0.2, 0.25) is 0 Å². The van der Waals surface area contributed by atoms with E-state index in [1.807, 2.05) is 30.3 Å². The summed E-state index contributed by atoms with van der Waals surface area (Å²) in [6, 6.07) is 16.3. The molecular formula is C16H15F2NO. The molecule has 0 aromatic heterocycles. The van der Waals surface area contributed by atoms with Crippen LogP contribution in [0.15, 0.2) is 54.6 Å². The van der Waals surface area contributed by atoms with Crippen molar-refractivity contribution >= 4 is 0 Å². The van der Waals surface area contributed by atoms with E-state index < -0.39 is 11.5 Å². The molecule has 2 aromatic rings. The molecule has 0 aliphatic heterocycles. The van der Waals surface area contributed by atoms with Crippen LogP contribution in [-0.4, -0.2) is 5.92 Å². The highest BCUT2D eigenvalue weighted by Crippen LogP contribution is 2.59. The molecular weight excluding hydrogens is 260 g/mol. The highest BCUT2D eigenvalue weighted by atomic mass is 19.3. The van der Waals surface area contributed by atoms with Crippen molar-refractivity contribution < 1.29 is 13.5 Å². The number of benzene rings is 2. The molecule has 1 atom stereocenters. The van der Waals surface area contributed by atoms with E-state index in [2.05, 4.69) is 0 Å². The van der Waals surface area contributed by atoms with Gasteiger partial charge in [0.1, 0.15) is 17.9 Å². The average molecular weight is 275 g/mol. The van der Waals surface area contributed by atoms with Crippen molar-refractivity contribution in [1.82, 2.24) is 0 Å². The number of hydrogen-bond donors (Lipinski definition) is 1. The third-order valence-electron chi connectivity index (χ3n) is 3.63. The molecule has 1 saturated carbocycles. The van der Waals surface area contributed by atoms with Gasteiger partial charge in [0.05, 0.1) is 0 Å². The quantitative estimate of drug-likeness (QED) is 0.927. The van der Waals surface area contributed by atoms with Crippen LogP contribution in [-0.2, 0) is 12.1 Å². The molecule has 0 bridgehead atoms. The van der Waals surface area contributed by atoms with Gasteiger partial charge in [-0.3, -0.25) is 0 Å². The topological polar surface area (TPSA) is 35.2 Å². The Hall–Kier alpha value is -1.94. The zero-order valence-corrected chi connectivity index (χ0v) is 10.9. The molecule has 1 aliphatic carbocycles. The maximum atomic E-state index is 13.4. The third kappa shape index (κ3) is 2.16. The van der Waals surface area contributed by atoms with Crippen molar-refractivity contribution in [2.75, 3.05) is 0 Å². The van der Waals surface area contributed by atoms with Crippen molar-refractivity contribution in [2.24, 2.45) is 5.73 Å². The molecule has 2 nitrogen and oxygen atoms in total. The number of ether oxygens (including phenoxy) is 1. The van der Waals surface area contributed by atoms with Crippen LogP contribution >= 0.6 is 0 Å². The first-order valence-corrected chi connectivity index (χ1v) is 6.46. The second-order valence-electron chi connectivity index (χ2n) is 5.12. The minimum atomic E-state index is -2.85. The second kappa shape index (κ2) is 4.56. The predicted molar refractivity (Wildman–Crippen MR) is 72.6 cm³/mol. The normalized spacial score (nSPS) is 23.4. The summed E-state index contributed by atoms with van der Waals surface area (Å²) in [6.45, 7) is 0.333. The number of alkyl halides is 2. The zero-order chi connectivity index (χ0) is 14.2. The molecule has 3 rings (SSSR count). The standard InChI is InChI=1S/C16H15F2NO/c17-16(18)11-15(16,19)13-8-4-5-9-14(13)20-10-12-6-2-1-3-7-12/h1-9H,10-11,19H2. The van der Waals surface area contributed by atoms with Gasteiger partial charge in [0.25, 0.3) is 5.92 Å². The summed E-state index contributed by atoms with van der Waals surface area (Å²) >= 11 is 0. The van der Waals surface area contributed by atoms with Crippen LogP contribution in [0.1, 0.15) is 17.5 Å². The van der Waals surface area contributed by atoms with E-state index in [0.29, 0.717) is 17.9 Å². The molecule has 1 unspecified atom stereocenters. The average Bonchev–Trinajstić information content (AvgIpc) is 2.98. The van der Waals surface area contributed by atoms with Crippen molar-refractivity contribution in [2.45, 2.75) is 24.5 Å². The summed E-state index contributed by atoms with van der Waals surface area (Å²) in [5, 5.41) is 0. The zero-order valence-electron chi connectivity index (χ0n) is 10.9. The summed E-state index contributed by atoms with van der Waals surface area (Å²) in [5.74, 6) is -2.42. The number of nitrogens with two attached hydrogens (primary N) is 1. The van der Waals surface area contributed by atoms with Gasteiger partial charge in [-0.25, -0.2) is 8.78 Å². The summed E-state index contributed by atoms with van der Waals surface area (Å²) in [7, 11) is 0. The smallest absolute Gasteiger partial charge is 0.272 e. The van der Waals surface area contributed by atoms with Crippen LogP contribution in [0, 0.1) is 0 Å². The predicted octanol–water partition coefficient (Wildman–Crippen LogP) is 3.46. The largest absolute Gasteiger partial charge is 0.489 e. The van der Waals surface area contributed by atoms with Crippen LogP contribution in [0.5, 0.6) is 5.75 Å². The van der Waals surface area contributed by atoms with Crippen LogP contribution < -0.4 is 10.5 Å². The Kier molecular flexibility index (Phi) is 2.98. The lowest BCUT2D eigenvalue weighted by atomic mass is 10.0. The molecule has 20 heavy (non-hydrogen) atoms. The minimum Gasteiger partial charge on any atom is -0.489 e. The Balaban J connectivity index is 1.81. The molecule has 0 amide bonds. The van der Waals surface area contributed by atoms with E-state index in [0.717, 1.165) is 5.56 Å². The fourth-order valence-electron chi connectivity index (χ4n) is 2.29. The SMILES string of the molecule is NC1(c2ccccc2OCc2ccccc2)CC1(F)F. The van der Waals surface area contributed by atoms with E-state index in [4.69, 9.17) is 10.5 Å². The number of hydrogen-bond acceptors (Lipinski definition) is 2. The van der Waals surface area contributed by atoms with Crippen LogP contribution in [0.4, 0.5) is 8.78 Å². The fourth-order valence-corrected chi connectivity index (χ4v) is 2.29. The van der Waals surface area contributed by atoms with E-state index in [1.54, 1.807) is 24.3 Å². The van der Waals surface area contributed by atoms with Gasteiger partial charge < -0.3 is 10.5 Å². The Labute approximate surface area is 116 Å². The molecule has 104 valence electrons. The molecule has 0 saturated heterocycles. The van der Waals surface area contributed by atoms with E-state index in [9.17, 15) is 8.78 Å². The molecule has 2 aromatic carbocycles. The highest BCUT2D eigenvalue weighted by molar-refractivity contribution is 5.45. The van der Waals surface area contributed by atoms with Crippen molar-refractivity contribution in [3.8, 4) is 5.75 Å². The van der Waals surface area contributed by atoms with Gasteiger partial charge in [-0.2, -0.15) is 0 Å². The van der Waals surface area contributed by atoms with Gasteiger partial charge >= 0.3 is 0 Å². The lowest BCUT2D eigenvalue weighted by molar-refractivity contribution is 0.0881. The van der Waals surface area contributed by atoms with Crippen molar-refractivity contribution in [1.29, 1.82) is 0 Å². The van der Waals surface area contributed by atoms with Gasteiger partial charge in [0.15, 0.2) is 0 Å². The lowest BCUT2D eigenvalue weighted by Crippen LogP contribution is -2.27. The van der Waals surface area contributed by atoms with Crippen molar-refractivity contribution in [3.05, 3.63) is 65.7 Å². The Morgan fingerprint density at radius 3 is 2.25 bits per heavy atom. The maximum absolute atomic E-state index is 13.4. The van der Waals surface area contributed by atoms with Gasteiger partial charge in [-0.15, -0.1) is 0 Å². The van der Waals surface area contributed by atoms with Crippen LogP contribution in [0.2, 0.25) is 0 Å². The monoisotopic (exact) mass is 275 g/mol. The van der Waals surface area contributed by atoms with E-state index in [-0.39, 0.29) is 6.42 Å². The van der Waals surface area contributed by atoms with Crippen molar-refractivity contribution in [3.63, 3.8) is 0 Å². The lowest BCUT2D eigenvalue weighted by Gasteiger charge is -2.16. The second-order valence-corrected chi connectivity index (χ2v) is 5.12. The molecule has 1 aliphatic rings. The molecule has 0 heterocycles. The Bertz CT molecular complexity index is 615. The highest BCUT2D eigenvalue weighted by Gasteiger charge is 2.70. The summed E-state index contributed by atoms with van der Waals surface area (Å²) in [6.07, 6.45) is -0.328. The van der Waals surface area contributed by atoms with Gasteiger partial charge in [-0.05, 0) is 11.6 Å². The van der Waals surface area contributed by atoms with Gasteiger partial charge in [0, 0.05) is 12.0 Å². The Morgan fingerprint density at radius 2 is 1.60 bits per heavy atom. The molecule has 2 N–H and O–H groups in total. The first-order valence-electron chi connectivity index (χ1n) is 6.46. The number of halogens is 2. The summed E-state index contributed by atoms with van der Waals surface area (Å²) in [5.41, 5.74) is 5.56. The van der Waals surface area contributed by atoms with E-state index >= 15 is 0 Å². The minimum absolute atomic E-state index is 0.328. The van der Waals surface area contributed by atoms with Crippen LogP contribution in [0.25, 0.3) is 0 Å². The van der Waals surface area contributed by atoms with E-state index in [1.165, 1.54) is 0 Å². The summed E-state index contributed by atoms with van der Waals surface area (Å²) in [4.78, 5) is 0. The van der Waals surface area contributed by atoms with Gasteiger partial charge in [-0.1, -0.05) is 48.5 Å².